The molecular formula is C14H15NO2S. The highest BCUT2D eigenvalue weighted by molar-refractivity contribution is 7.10. The Morgan fingerprint density at radius 3 is 2.89 bits per heavy atom. The van der Waals surface area contributed by atoms with Crippen molar-refractivity contribution in [1.29, 1.82) is 0 Å². The second-order valence-electron chi connectivity index (χ2n) is 3.83. The van der Waals surface area contributed by atoms with Crippen LogP contribution in [0.2, 0.25) is 0 Å². The third-order valence-electron chi connectivity index (χ3n) is 2.61. The summed E-state index contributed by atoms with van der Waals surface area (Å²) < 4.78 is 5.03. The zero-order valence-corrected chi connectivity index (χ0v) is 11.0. The van der Waals surface area contributed by atoms with Gasteiger partial charge in [0.25, 0.3) is 0 Å². The van der Waals surface area contributed by atoms with Gasteiger partial charge in [-0.2, -0.15) is 0 Å². The molecule has 0 bridgehead atoms. The Morgan fingerprint density at radius 1 is 1.39 bits per heavy atom. The number of hydrogen-bond acceptors (Lipinski definition) is 4. The Bertz CT molecular complexity index is 482. The lowest BCUT2D eigenvalue weighted by Crippen LogP contribution is -2.11. The second kappa shape index (κ2) is 6.31. The molecule has 18 heavy (non-hydrogen) atoms. The lowest BCUT2D eigenvalue weighted by atomic mass is 9.99. The van der Waals surface area contributed by atoms with Gasteiger partial charge in [-0.1, -0.05) is 12.1 Å². The normalized spacial score (nSPS) is 12.1. The molecule has 0 radical (unpaired) electrons. The molecule has 0 N–H and O–H groups in total. The van der Waals surface area contributed by atoms with Crippen LogP contribution in [0.4, 0.5) is 0 Å². The summed E-state index contributed by atoms with van der Waals surface area (Å²) in [6.07, 6.45) is 2.09. The first-order valence-electron chi connectivity index (χ1n) is 5.91. The number of nitrogens with zero attached hydrogens (tertiary/aromatic N) is 1. The number of aromatic nitrogens is 1. The van der Waals surface area contributed by atoms with Crippen LogP contribution in [-0.2, 0) is 9.53 Å². The molecule has 0 aliphatic heterocycles. The van der Waals surface area contributed by atoms with Crippen LogP contribution in [0, 0.1) is 0 Å². The van der Waals surface area contributed by atoms with E-state index in [2.05, 4.69) is 4.98 Å². The Morgan fingerprint density at radius 2 is 2.28 bits per heavy atom. The van der Waals surface area contributed by atoms with Crippen molar-refractivity contribution in [1.82, 2.24) is 4.98 Å². The number of ether oxygens (including phenoxy) is 1. The van der Waals surface area contributed by atoms with E-state index in [1.807, 2.05) is 42.6 Å². The average Bonchev–Trinajstić information content (AvgIpc) is 2.91. The van der Waals surface area contributed by atoms with E-state index in [-0.39, 0.29) is 11.9 Å². The summed E-state index contributed by atoms with van der Waals surface area (Å²) in [4.78, 5) is 17.2. The number of carbonyl (C=O) groups excluding carboxylic acids is 1. The fourth-order valence-electron chi connectivity index (χ4n) is 1.81. The van der Waals surface area contributed by atoms with Gasteiger partial charge in [0, 0.05) is 22.7 Å². The molecule has 2 rings (SSSR count). The van der Waals surface area contributed by atoms with Gasteiger partial charge in [-0.05, 0) is 30.5 Å². The van der Waals surface area contributed by atoms with Crippen molar-refractivity contribution in [2.75, 3.05) is 6.61 Å². The number of rotatable bonds is 5. The Labute approximate surface area is 110 Å². The lowest BCUT2D eigenvalue weighted by Gasteiger charge is -2.13. The maximum Gasteiger partial charge on any atom is 0.306 e. The summed E-state index contributed by atoms with van der Waals surface area (Å²) >= 11 is 1.64. The van der Waals surface area contributed by atoms with Crippen LogP contribution in [0.15, 0.2) is 41.9 Å². The number of esters is 1. The van der Waals surface area contributed by atoms with Crippen LogP contribution >= 0.6 is 11.3 Å². The first-order valence-corrected chi connectivity index (χ1v) is 6.79. The number of carbonyl (C=O) groups is 1. The monoisotopic (exact) mass is 261 g/mol. The molecular weight excluding hydrogens is 246 g/mol. The largest absolute Gasteiger partial charge is 0.466 e. The van der Waals surface area contributed by atoms with Crippen molar-refractivity contribution in [3.05, 3.63) is 52.5 Å². The van der Waals surface area contributed by atoms with Crippen LogP contribution in [-0.4, -0.2) is 17.6 Å². The topological polar surface area (TPSA) is 39.2 Å². The van der Waals surface area contributed by atoms with E-state index < -0.39 is 0 Å². The molecule has 3 nitrogen and oxygen atoms in total. The standard InChI is InChI=1S/C14H15NO2S/c1-2-17-14(16)10-11(13-7-5-9-18-13)12-6-3-4-8-15-12/h3-9,11H,2,10H2,1H3. The highest BCUT2D eigenvalue weighted by atomic mass is 32.1. The highest BCUT2D eigenvalue weighted by Crippen LogP contribution is 2.30. The van der Waals surface area contributed by atoms with Gasteiger partial charge in [0.15, 0.2) is 0 Å². The van der Waals surface area contributed by atoms with Crippen LogP contribution in [0.25, 0.3) is 0 Å². The van der Waals surface area contributed by atoms with Crippen molar-refractivity contribution in [2.45, 2.75) is 19.3 Å². The fraction of sp³-hybridized carbons (Fsp3) is 0.286. The van der Waals surface area contributed by atoms with E-state index in [0.717, 1.165) is 10.6 Å². The van der Waals surface area contributed by atoms with Gasteiger partial charge in [0.2, 0.25) is 0 Å². The summed E-state index contributed by atoms with van der Waals surface area (Å²) in [5.74, 6) is -0.188. The number of hydrogen-bond donors (Lipinski definition) is 0. The lowest BCUT2D eigenvalue weighted by molar-refractivity contribution is -0.143. The molecule has 0 aromatic carbocycles. The van der Waals surface area contributed by atoms with Gasteiger partial charge >= 0.3 is 5.97 Å². The van der Waals surface area contributed by atoms with Crippen molar-refractivity contribution in [2.24, 2.45) is 0 Å². The van der Waals surface area contributed by atoms with Gasteiger partial charge in [0.1, 0.15) is 0 Å². The zero-order chi connectivity index (χ0) is 12.8. The summed E-state index contributed by atoms with van der Waals surface area (Å²) in [6.45, 7) is 2.23. The molecule has 1 atom stereocenters. The van der Waals surface area contributed by atoms with E-state index >= 15 is 0 Å². The molecule has 94 valence electrons. The van der Waals surface area contributed by atoms with Crippen LogP contribution < -0.4 is 0 Å². The minimum absolute atomic E-state index is 0.00903. The maximum absolute atomic E-state index is 11.7. The van der Waals surface area contributed by atoms with Crippen molar-refractivity contribution in [3.8, 4) is 0 Å². The van der Waals surface area contributed by atoms with Crippen molar-refractivity contribution in [3.63, 3.8) is 0 Å². The predicted octanol–water partition coefficient (Wildman–Crippen LogP) is 3.23. The SMILES string of the molecule is CCOC(=O)CC(c1ccccn1)c1cccs1. The summed E-state index contributed by atoms with van der Waals surface area (Å²) in [7, 11) is 0. The van der Waals surface area contributed by atoms with E-state index in [9.17, 15) is 4.79 Å². The molecule has 2 aromatic rings. The van der Waals surface area contributed by atoms with Crippen molar-refractivity contribution >= 4 is 17.3 Å². The Balaban J connectivity index is 2.22. The Kier molecular flexibility index (Phi) is 4.47. The van der Waals surface area contributed by atoms with E-state index in [4.69, 9.17) is 4.74 Å². The quantitative estimate of drug-likeness (QED) is 0.776. The molecule has 0 saturated heterocycles. The Hall–Kier alpha value is -1.68. The van der Waals surface area contributed by atoms with Gasteiger partial charge < -0.3 is 4.74 Å². The summed E-state index contributed by atoms with van der Waals surface area (Å²) in [5, 5.41) is 2.01. The molecule has 0 saturated carbocycles. The summed E-state index contributed by atoms with van der Waals surface area (Å²) in [6, 6.07) is 9.78. The highest BCUT2D eigenvalue weighted by Gasteiger charge is 2.20. The van der Waals surface area contributed by atoms with E-state index in [1.165, 1.54) is 0 Å². The molecule has 2 aromatic heterocycles. The minimum atomic E-state index is -0.179. The molecule has 1 unspecified atom stereocenters. The smallest absolute Gasteiger partial charge is 0.306 e. The van der Waals surface area contributed by atoms with Gasteiger partial charge in [0.05, 0.1) is 13.0 Å². The molecule has 0 spiro atoms. The number of thiophene rings is 1. The molecule has 0 aliphatic rings. The molecule has 4 heteroatoms. The average molecular weight is 261 g/mol. The van der Waals surface area contributed by atoms with E-state index in [0.29, 0.717) is 13.0 Å². The summed E-state index contributed by atoms with van der Waals surface area (Å²) in [5.41, 5.74) is 0.910. The number of pyridine rings is 1. The minimum Gasteiger partial charge on any atom is -0.466 e. The van der Waals surface area contributed by atoms with Crippen LogP contribution in [0.5, 0.6) is 0 Å². The first kappa shape index (κ1) is 12.8. The molecule has 2 heterocycles. The van der Waals surface area contributed by atoms with Gasteiger partial charge in [-0.3, -0.25) is 9.78 Å². The third-order valence-corrected chi connectivity index (χ3v) is 3.59. The second-order valence-corrected chi connectivity index (χ2v) is 4.81. The third kappa shape index (κ3) is 3.17. The molecule has 0 aliphatic carbocycles. The molecule has 0 amide bonds. The zero-order valence-electron chi connectivity index (χ0n) is 10.2. The maximum atomic E-state index is 11.7. The van der Waals surface area contributed by atoms with Crippen molar-refractivity contribution < 1.29 is 9.53 Å². The predicted molar refractivity (Wildman–Crippen MR) is 71.6 cm³/mol. The van der Waals surface area contributed by atoms with Gasteiger partial charge in [-0.25, -0.2) is 0 Å². The van der Waals surface area contributed by atoms with Crippen LogP contribution in [0.3, 0.4) is 0 Å². The fourth-order valence-corrected chi connectivity index (χ4v) is 2.65. The van der Waals surface area contributed by atoms with Gasteiger partial charge in [-0.15, -0.1) is 11.3 Å². The molecule has 0 fully saturated rings. The van der Waals surface area contributed by atoms with E-state index in [1.54, 1.807) is 17.5 Å². The van der Waals surface area contributed by atoms with Crippen LogP contribution in [0.1, 0.15) is 29.8 Å². The first-order chi connectivity index (χ1) is 8.81.